The second-order valence-electron chi connectivity index (χ2n) is 4.05. The number of ether oxygens (including phenoxy) is 3. The van der Waals surface area contributed by atoms with E-state index in [1.807, 2.05) is 19.1 Å². The van der Waals surface area contributed by atoms with E-state index in [0.29, 0.717) is 6.61 Å². The molecule has 0 amide bonds. The highest BCUT2D eigenvalue weighted by Gasteiger charge is 2.21. The Morgan fingerprint density at radius 1 is 1.44 bits per heavy atom. The lowest BCUT2D eigenvalue weighted by Gasteiger charge is -2.13. The SMILES string of the molecule is COCc1ccc2c(c1CC(C)N)OCO2. The molecule has 1 aliphatic heterocycles. The maximum absolute atomic E-state index is 5.85. The molecule has 0 aliphatic carbocycles. The molecule has 1 heterocycles. The summed E-state index contributed by atoms with van der Waals surface area (Å²) < 4.78 is 16.0. The summed E-state index contributed by atoms with van der Waals surface area (Å²) in [4.78, 5) is 0. The van der Waals surface area contributed by atoms with Crippen LogP contribution in [0, 0.1) is 0 Å². The molecule has 0 fully saturated rings. The van der Waals surface area contributed by atoms with Crippen LogP contribution in [0.3, 0.4) is 0 Å². The fraction of sp³-hybridized carbons (Fsp3) is 0.500. The molecule has 2 N–H and O–H groups in total. The summed E-state index contributed by atoms with van der Waals surface area (Å²) in [6, 6.07) is 4.02. The quantitative estimate of drug-likeness (QED) is 0.839. The first-order valence-electron chi connectivity index (χ1n) is 5.37. The van der Waals surface area contributed by atoms with Gasteiger partial charge in [0.1, 0.15) is 0 Å². The maximum atomic E-state index is 5.85. The highest BCUT2D eigenvalue weighted by atomic mass is 16.7. The van der Waals surface area contributed by atoms with Crippen molar-refractivity contribution in [2.75, 3.05) is 13.9 Å². The van der Waals surface area contributed by atoms with Crippen molar-refractivity contribution in [1.82, 2.24) is 0 Å². The minimum absolute atomic E-state index is 0.0892. The molecule has 0 spiro atoms. The van der Waals surface area contributed by atoms with E-state index < -0.39 is 0 Å². The topological polar surface area (TPSA) is 53.7 Å². The van der Waals surface area contributed by atoms with Crippen LogP contribution >= 0.6 is 0 Å². The molecule has 4 heteroatoms. The summed E-state index contributed by atoms with van der Waals surface area (Å²) in [6.45, 7) is 2.84. The molecule has 1 atom stereocenters. The van der Waals surface area contributed by atoms with Crippen LogP contribution in [0.15, 0.2) is 12.1 Å². The van der Waals surface area contributed by atoms with Gasteiger partial charge in [0.2, 0.25) is 6.79 Å². The van der Waals surface area contributed by atoms with Crippen LogP contribution in [0.5, 0.6) is 11.5 Å². The summed E-state index contributed by atoms with van der Waals surface area (Å²) in [5, 5.41) is 0. The van der Waals surface area contributed by atoms with Crippen LogP contribution in [-0.4, -0.2) is 19.9 Å². The molecule has 4 nitrogen and oxygen atoms in total. The normalized spacial score (nSPS) is 15.2. The Morgan fingerprint density at radius 2 is 2.25 bits per heavy atom. The Morgan fingerprint density at radius 3 is 2.94 bits per heavy atom. The number of hydrogen-bond acceptors (Lipinski definition) is 4. The molecule has 0 saturated carbocycles. The summed E-state index contributed by atoms with van der Waals surface area (Å²) in [5.74, 6) is 1.63. The zero-order valence-electron chi connectivity index (χ0n) is 9.66. The van der Waals surface area contributed by atoms with E-state index in [9.17, 15) is 0 Å². The van der Waals surface area contributed by atoms with E-state index in [0.717, 1.165) is 29.0 Å². The smallest absolute Gasteiger partial charge is 0.231 e. The van der Waals surface area contributed by atoms with E-state index in [-0.39, 0.29) is 12.8 Å². The van der Waals surface area contributed by atoms with Crippen LogP contribution in [0.2, 0.25) is 0 Å². The third-order valence-electron chi connectivity index (χ3n) is 2.57. The first kappa shape index (κ1) is 11.2. The van der Waals surface area contributed by atoms with Gasteiger partial charge in [0.15, 0.2) is 11.5 Å². The number of fused-ring (bicyclic) bond motifs is 1. The van der Waals surface area contributed by atoms with Gasteiger partial charge < -0.3 is 19.9 Å². The predicted molar refractivity (Wildman–Crippen MR) is 60.6 cm³/mol. The predicted octanol–water partition coefficient (Wildman–Crippen LogP) is 1.45. The monoisotopic (exact) mass is 223 g/mol. The standard InChI is InChI=1S/C12H17NO3/c1-8(13)5-10-9(6-14-2)3-4-11-12(10)16-7-15-11/h3-4,8H,5-7,13H2,1-2H3. The van der Waals surface area contributed by atoms with Crippen LogP contribution in [0.25, 0.3) is 0 Å². The van der Waals surface area contributed by atoms with Crippen molar-refractivity contribution < 1.29 is 14.2 Å². The lowest BCUT2D eigenvalue weighted by atomic mass is 10.00. The Labute approximate surface area is 95.3 Å². The number of nitrogens with two attached hydrogens (primary N) is 1. The van der Waals surface area contributed by atoms with E-state index in [1.165, 1.54) is 0 Å². The van der Waals surface area contributed by atoms with Crippen molar-refractivity contribution in [3.63, 3.8) is 0 Å². The fourth-order valence-electron chi connectivity index (χ4n) is 1.91. The lowest BCUT2D eigenvalue weighted by Crippen LogP contribution is -2.19. The molecule has 16 heavy (non-hydrogen) atoms. The molecule has 2 rings (SSSR count). The average Bonchev–Trinajstić information content (AvgIpc) is 2.69. The highest BCUT2D eigenvalue weighted by Crippen LogP contribution is 2.38. The highest BCUT2D eigenvalue weighted by molar-refractivity contribution is 5.52. The zero-order chi connectivity index (χ0) is 11.5. The van der Waals surface area contributed by atoms with E-state index in [1.54, 1.807) is 7.11 Å². The number of hydrogen-bond donors (Lipinski definition) is 1. The average molecular weight is 223 g/mol. The van der Waals surface area contributed by atoms with E-state index in [2.05, 4.69) is 0 Å². The van der Waals surface area contributed by atoms with Gasteiger partial charge in [0.25, 0.3) is 0 Å². The maximum Gasteiger partial charge on any atom is 0.231 e. The minimum atomic E-state index is 0.0892. The van der Waals surface area contributed by atoms with Crippen molar-refractivity contribution in [1.29, 1.82) is 0 Å². The van der Waals surface area contributed by atoms with Gasteiger partial charge in [-0.25, -0.2) is 0 Å². The first-order valence-corrected chi connectivity index (χ1v) is 5.37. The molecule has 0 radical (unpaired) electrons. The van der Waals surface area contributed by atoms with Gasteiger partial charge in [-0.15, -0.1) is 0 Å². The number of rotatable bonds is 4. The molecular weight excluding hydrogens is 206 g/mol. The van der Waals surface area contributed by atoms with Gasteiger partial charge in [0, 0.05) is 18.7 Å². The van der Waals surface area contributed by atoms with Crippen molar-refractivity contribution in [3.05, 3.63) is 23.3 Å². The second-order valence-corrected chi connectivity index (χ2v) is 4.05. The van der Waals surface area contributed by atoms with Crippen LogP contribution < -0.4 is 15.2 Å². The Hall–Kier alpha value is -1.26. The molecule has 1 aromatic carbocycles. The van der Waals surface area contributed by atoms with Crippen LogP contribution in [0.1, 0.15) is 18.1 Å². The number of benzene rings is 1. The summed E-state index contributed by atoms with van der Waals surface area (Å²) >= 11 is 0. The molecule has 0 saturated heterocycles. The lowest BCUT2D eigenvalue weighted by molar-refractivity contribution is 0.172. The van der Waals surface area contributed by atoms with Crippen LogP contribution in [0.4, 0.5) is 0 Å². The molecule has 1 aromatic rings. The molecule has 0 aromatic heterocycles. The Kier molecular flexibility index (Phi) is 3.31. The summed E-state index contributed by atoms with van der Waals surface area (Å²) in [5.41, 5.74) is 8.06. The van der Waals surface area contributed by atoms with Gasteiger partial charge >= 0.3 is 0 Å². The van der Waals surface area contributed by atoms with Gasteiger partial charge in [0.05, 0.1) is 6.61 Å². The molecular formula is C12H17NO3. The zero-order valence-corrected chi connectivity index (χ0v) is 9.66. The molecule has 0 bridgehead atoms. The van der Waals surface area contributed by atoms with Gasteiger partial charge in [-0.05, 0) is 25.0 Å². The summed E-state index contributed by atoms with van der Waals surface area (Å²) in [6.07, 6.45) is 0.769. The second kappa shape index (κ2) is 4.72. The Balaban J connectivity index is 2.38. The fourth-order valence-corrected chi connectivity index (χ4v) is 1.91. The van der Waals surface area contributed by atoms with Gasteiger partial charge in [-0.1, -0.05) is 6.07 Å². The van der Waals surface area contributed by atoms with Gasteiger partial charge in [-0.2, -0.15) is 0 Å². The number of methoxy groups -OCH3 is 1. The molecule has 1 unspecified atom stereocenters. The van der Waals surface area contributed by atoms with E-state index in [4.69, 9.17) is 19.9 Å². The third-order valence-corrected chi connectivity index (χ3v) is 2.57. The van der Waals surface area contributed by atoms with E-state index >= 15 is 0 Å². The van der Waals surface area contributed by atoms with Crippen molar-refractivity contribution in [2.45, 2.75) is 26.0 Å². The van der Waals surface area contributed by atoms with Gasteiger partial charge in [-0.3, -0.25) is 0 Å². The minimum Gasteiger partial charge on any atom is -0.454 e. The van der Waals surface area contributed by atoms with Crippen molar-refractivity contribution in [3.8, 4) is 11.5 Å². The van der Waals surface area contributed by atoms with Crippen LogP contribution in [-0.2, 0) is 17.8 Å². The first-order chi connectivity index (χ1) is 7.72. The molecule has 88 valence electrons. The largest absolute Gasteiger partial charge is 0.454 e. The van der Waals surface area contributed by atoms with Crippen molar-refractivity contribution >= 4 is 0 Å². The molecule has 1 aliphatic rings. The third kappa shape index (κ3) is 2.13. The van der Waals surface area contributed by atoms with Crippen molar-refractivity contribution in [2.24, 2.45) is 5.73 Å². The Bertz CT molecular complexity index is 377. The summed E-state index contributed by atoms with van der Waals surface area (Å²) in [7, 11) is 1.68.